The predicted octanol–water partition coefficient (Wildman–Crippen LogP) is 1.22. The number of carbonyl (C=O) groups is 1. The second-order valence-electron chi connectivity index (χ2n) is 1.03. The van der Waals surface area contributed by atoms with Crippen LogP contribution >= 0.6 is 0 Å². The van der Waals surface area contributed by atoms with Crippen molar-refractivity contribution < 1.29 is 9.53 Å². The normalized spacial score (nSPS) is 9.75. The zero-order chi connectivity index (χ0) is 6.41. The van der Waals surface area contributed by atoms with Gasteiger partial charge in [-0.2, -0.15) is 5.11 Å². The van der Waals surface area contributed by atoms with Crippen LogP contribution in [0, 0.1) is 0 Å². The molecular weight excluding hydrogens is 108 g/mol. The summed E-state index contributed by atoms with van der Waals surface area (Å²) in [6.07, 6.45) is -0.646. The van der Waals surface area contributed by atoms with Crippen LogP contribution in [0.4, 0.5) is 4.79 Å². The first-order chi connectivity index (χ1) is 3.81. The van der Waals surface area contributed by atoms with Crippen LogP contribution in [0.1, 0.15) is 6.92 Å². The molecule has 0 spiro atoms. The lowest BCUT2D eigenvalue weighted by molar-refractivity contribution is 0.180. The molecule has 0 aliphatic carbocycles. The molecule has 0 aromatic carbocycles. The van der Waals surface area contributed by atoms with Gasteiger partial charge in [0, 0.05) is 0 Å². The molecule has 1 amide bonds. The second-order valence-corrected chi connectivity index (χ2v) is 1.03. The van der Waals surface area contributed by atoms with Gasteiger partial charge in [0.05, 0.1) is 13.7 Å². The fraction of sp³-hybridized carbons (Fsp3) is 0.750. The van der Waals surface area contributed by atoms with Crippen LogP contribution in [-0.4, -0.2) is 19.7 Å². The van der Waals surface area contributed by atoms with Gasteiger partial charge >= 0.3 is 6.09 Å². The van der Waals surface area contributed by atoms with Crippen molar-refractivity contribution in [2.75, 3.05) is 13.7 Å². The molecule has 0 aromatic heterocycles. The van der Waals surface area contributed by atoms with Gasteiger partial charge in [-0.1, -0.05) is 5.11 Å². The van der Waals surface area contributed by atoms with E-state index < -0.39 is 6.09 Å². The van der Waals surface area contributed by atoms with E-state index in [9.17, 15) is 4.79 Å². The highest BCUT2D eigenvalue weighted by atomic mass is 16.5. The quantitative estimate of drug-likeness (QED) is 0.483. The fourth-order valence-corrected chi connectivity index (χ4v) is 0.169. The van der Waals surface area contributed by atoms with E-state index in [-0.39, 0.29) is 0 Å². The summed E-state index contributed by atoms with van der Waals surface area (Å²) in [5, 5.41) is 6.52. The Labute approximate surface area is 47.6 Å². The predicted molar refractivity (Wildman–Crippen MR) is 27.8 cm³/mol. The largest absolute Gasteiger partial charge is 0.451 e. The van der Waals surface area contributed by atoms with Gasteiger partial charge in [-0.15, -0.1) is 0 Å². The number of ether oxygens (including phenoxy) is 1. The molecule has 8 heavy (non-hydrogen) atoms. The highest BCUT2D eigenvalue weighted by molar-refractivity contribution is 5.67. The Morgan fingerprint density at radius 2 is 2.38 bits per heavy atom. The third kappa shape index (κ3) is 3.27. The molecule has 0 radical (unpaired) electrons. The summed E-state index contributed by atoms with van der Waals surface area (Å²) in [5.41, 5.74) is 0. The van der Waals surface area contributed by atoms with Crippen molar-refractivity contribution in [2.45, 2.75) is 6.92 Å². The maximum atomic E-state index is 10.1. The molecular formula is C4H8N2O2. The maximum Gasteiger partial charge on any atom is 0.451 e. The number of carbonyl (C=O) groups excluding carboxylic acids is 1. The summed E-state index contributed by atoms with van der Waals surface area (Å²) in [6.45, 7) is 2.29. The van der Waals surface area contributed by atoms with E-state index >= 15 is 0 Å². The molecule has 0 N–H and O–H groups in total. The lowest BCUT2D eigenvalue weighted by Gasteiger charge is -1.84. The molecule has 0 aliphatic heterocycles. The minimum absolute atomic E-state index is 0.509. The van der Waals surface area contributed by atoms with Crippen LogP contribution in [0.25, 0.3) is 0 Å². The topological polar surface area (TPSA) is 51.0 Å². The molecule has 0 rings (SSSR count). The smallest absolute Gasteiger partial charge is 0.450 e. The van der Waals surface area contributed by atoms with Gasteiger partial charge in [0.25, 0.3) is 0 Å². The number of hydrogen-bond acceptors (Lipinski definition) is 3. The molecule has 4 nitrogen and oxygen atoms in total. The highest BCUT2D eigenvalue weighted by Crippen LogP contribution is 1.80. The van der Waals surface area contributed by atoms with E-state index in [0.29, 0.717) is 6.54 Å². The molecule has 0 heterocycles. The summed E-state index contributed by atoms with van der Waals surface area (Å²) >= 11 is 0. The van der Waals surface area contributed by atoms with Gasteiger partial charge in [0.15, 0.2) is 0 Å². The van der Waals surface area contributed by atoms with Crippen LogP contribution < -0.4 is 0 Å². The zero-order valence-electron chi connectivity index (χ0n) is 4.92. The highest BCUT2D eigenvalue weighted by Gasteiger charge is 1.89. The van der Waals surface area contributed by atoms with Crippen LogP contribution in [0.5, 0.6) is 0 Å². The van der Waals surface area contributed by atoms with Crippen molar-refractivity contribution >= 4 is 6.09 Å². The second kappa shape index (κ2) is 4.23. The number of nitrogens with zero attached hydrogens (tertiary/aromatic N) is 2. The molecule has 0 fully saturated rings. The van der Waals surface area contributed by atoms with Gasteiger partial charge in [-0.05, 0) is 6.92 Å². The number of methoxy groups -OCH3 is 1. The lowest BCUT2D eigenvalue weighted by atomic mass is 10.8. The molecule has 46 valence electrons. The van der Waals surface area contributed by atoms with Gasteiger partial charge in [0.2, 0.25) is 0 Å². The monoisotopic (exact) mass is 116 g/mol. The number of azo groups is 1. The third-order valence-corrected chi connectivity index (χ3v) is 0.468. The lowest BCUT2D eigenvalue weighted by Crippen LogP contribution is -1.89. The van der Waals surface area contributed by atoms with Crippen molar-refractivity contribution in [3.8, 4) is 0 Å². The third-order valence-electron chi connectivity index (χ3n) is 0.468. The fourth-order valence-electron chi connectivity index (χ4n) is 0.169. The minimum Gasteiger partial charge on any atom is -0.450 e. The van der Waals surface area contributed by atoms with Crippen LogP contribution in [-0.2, 0) is 4.74 Å². The first kappa shape index (κ1) is 7.07. The van der Waals surface area contributed by atoms with Gasteiger partial charge in [-0.3, -0.25) is 0 Å². The van der Waals surface area contributed by atoms with Crippen LogP contribution in [0.3, 0.4) is 0 Å². The van der Waals surface area contributed by atoms with E-state index in [2.05, 4.69) is 15.0 Å². The van der Waals surface area contributed by atoms with E-state index in [1.54, 1.807) is 6.92 Å². The molecule has 0 saturated heterocycles. The van der Waals surface area contributed by atoms with Gasteiger partial charge < -0.3 is 4.74 Å². The summed E-state index contributed by atoms with van der Waals surface area (Å²) in [5.74, 6) is 0. The van der Waals surface area contributed by atoms with Crippen molar-refractivity contribution in [3.05, 3.63) is 0 Å². The Balaban J connectivity index is 3.37. The molecule has 0 aromatic rings. The Bertz CT molecular complexity index is 100. The van der Waals surface area contributed by atoms with E-state index in [4.69, 9.17) is 0 Å². The Morgan fingerprint density at radius 3 is 2.75 bits per heavy atom. The number of hydrogen-bond donors (Lipinski definition) is 0. The standard InChI is InChI=1S/C4H8N2O2/c1-3-5-6-4(7)8-2/h3H2,1-2H3. The SMILES string of the molecule is CCN=NC(=O)OC. The Kier molecular flexibility index (Phi) is 3.74. The Hall–Kier alpha value is -0.930. The van der Waals surface area contributed by atoms with Gasteiger partial charge in [0.1, 0.15) is 0 Å². The van der Waals surface area contributed by atoms with E-state index in [1.165, 1.54) is 7.11 Å². The van der Waals surface area contributed by atoms with Crippen molar-refractivity contribution in [2.24, 2.45) is 10.2 Å². The van der Waals surface area contributed by atoms with Crippen LogP contribution in [0.15, 0.2) is 10.2 Å². The summed E-state index contributed by atoms with van der Waals surface area (Å²) in [7, 11) is 1.26. The first-order valence-electron chi connectivity index (χ1n) is 2.26. The summed E-state index contributed by atoms with van der Waals surface area (Å²) < 4.78 is 4.15. The summed E-state index contributed by atoms with van der Waals surface area (Å²) in [6, 6.07) is 0. The molecule has 0 unspecified atom stereocenters. The molecule has 0 aliphatic rings. The maximum absolute atomic E-state index is 10.1. The molecule has 4 heteroatoms. The zero-order valence-corrected chi connectivity index (χ0v) is 4.92. The first-order valence-corrected chi connectivity index (χ1v) is 2.26. The number of rotatable bonds is 1. The molecule has 0 bridgehead atoms. The minimum atomic E-state index is -0.646. The summed E-state index contributed by atoms with van der Waals surface area (Å²) in [4.78, 5) is 10.1. The molecule has 0 atom stereocenters. The number of amides is 1. The average molecular weight is 116 g/mol. The van der Waals surface area contributed by atoms with Crippen molar-refractivity contribution in [1.82, 2.24) is 0 Å². The van der Waals surface area contributed by atoms with Crippen molar-refractivity contribution in [1.29, 1.82) is 0 Å². The van der Waals surface area contributed by atoms with E-state index in [0.717, 1.165) is 0 Å². The van der Waals surface area contributed by atoms with E-state index in [1.807, 2.05) is 0 Å². The van der Waals surface area contributed by atoms with Gasteiger partial charge in [-0.25, -0.2) is 4.79 Å². The van der Waals surface area contributed by atoms with Crippen molar-refractivity contribution in [3.63, 3.8) is 0 Å². The average Bonchev–Trinajstić information content (AvgIpc) is 1.83. The Morgan fingerprint density at radius 1 is 1.75 bits per heavy atom. The van der Waals surface area contributed by atoms with Crippen LogP contribution in [0.2, 0.25) is 0 Å². The molecule has 0 saturated carbocycles.